The number of hydrogen-bond acceptors (Lipinski definition) is 6. The van der Waals surface area contributed by atoms with E-state index in [1.807, 2.05) is 16.7 Å². The van der Waals surface area contributed by atoms with Crippen LogP contribution < -0.4 is 4.74 Å². The Morgan fingerprint density at radius 3 is 2.91 bits per heavy atom. The molecule has 0 saturated carbocycles. The lowest BCUT2D eigenvalue weighted by molar-refractivity contribution is 0.0608. The molecule has 2 aliphatic rings. The highest BCUT2D eigenvalue weighted by Crippen LogP contribution is 2.25. The van der Waals surface area contributed by atoms with E-state index in [0.29, 0.717) is 31.1 Å². The number of nitrogens with zero attached hydrogens (tertiary/aromatic N) is 3. The zero-order chi connectivity index (χ0) is 16.1. The molecule has 23 heavy (non-hydrogen) atoms. The number of amides is 1. The van der Waals surface area contributed by atoms with Gasteiger partial charge in [-0.05, 0) is 24.3 Å². The number of carbonyl (C=O) groups excluding carboxylic acids is 1. The average molecular weight is 337 g/mol. The molecule has 0 spiro atoms. The zero-order valence-electron chi connectivity index (χ0n) is 13.2. The Bertz CT molecular complexity index is 529. The Morgan fingerprint density at radius 2 is 2.22 bits per heavy atom. The summed E-state index contributed by atoms with van der Waals surface area (Å²) < 4.78 is 5.96. The fraction of sp³-hybridized carbons (Fsp3) is 0.625. The second-order valence-electron chi connectivity index (χ2n) is 5.82. The fourth-order valence-electron chi connectivity index (χ4n) is 2.90. The number of aliphatic hydroxyl groups is 1. The standard InChI is InChI=1S/C16H23N3O3S/c20-10-9-18-5-7-19(8-6-18)16(21)14-2-1-4-17-15(14)22-13-3-11-23-12-13/h1-2,4,13,20H,3,5-12H2. The largest absolute Gasteiger partial charge is 0.473 e. The Labute approximate surface area is 140 Å². The van der Waals surface area contributed by atoms with Gasteiger partial charge in [0.15, 0.2) is 0 Å². The third kappa shape index (κ3) is 4.16. The molecule has 1 unspecified atom stereocenters. The second kappa shape index (κ2) is 7.99. The van der Waals surface area contributed by atoms with Crippen LogP contribution in [0.1, 0.15) is 16.8 Å². The number of piperazine rings is 1. The van der Waals surface area contributed by atoms with Crippen LogP contribution >= 0.6 is 11.8 Å². The van der Waals surface area contributed by atoms with Crippen molar-refractivity contribution in [3.8, 4) is 5.88 Å². The molecule has 3 rings (SSSR count). The molecular weight excluding hydrogens is 314 g/mol. The van der Waals surface area contributed by atoms with Crippen molar-refractivity contribution in [3.63, 3.8) is 0 Å². The molecule has 6 nitrogen and oxygen atoms in total. The predicted molar refractivity (Wildman–Crippen MR) is 90.0 cm³/mol. The van der Waals surface area contributed by atoms with Crippen LogP contribution in [0.2, 0.25) is 0 Å². The molecule has 1 N–H and O–H groups in total. The third-order valence-corrected chi connectivity index (χ3v) is 5.38. The van der Waals surface area contributed by atoms with Crippen LogP contribution in [-0.2, 0) is 0 Å². The van der Waals surface area contributed by atoms with Crippen LogP contribution in [0.3, 0.4) is 0 Å². The molecule has 2 saturated heterocycles. The number of hydrogen-bond donors (Lipinski definition) is 1. The average Bonchev–Trinajstić information content (AvgIpc) is 3.09. The summed E-state index contributed by atoms with van der Waals surface area (Å²) in [5, 5.41) is 8.99. The van der Waals surface area contributed by atoms with Crippen molar-refractivity contribution in [1.82, 2.24) is 14.8 Å². The van der Waals surface area contributed by atoms with Gasteiger partial charge >= 0.3 is 0 Å². The molecule has 0 aromatic carbocycles. The molecule has 3 heterocycles. The minimum Gasteiger partial charge on any atom is -0.473 e. The maximum Gasteiger partial charge on any atom is 0.259 e. The van der Waals surface area contributed by atoms with Gasteiger partial charge in [0.25, 0.3) is 5.91 Å². The van der Waals surface area contributed by atoms with E-state index in [-0.39, 0.29) is 18.6 Å². The highest BCUT2D eigenvalue weighted by atomic mass is 32.2. The molecule has 0 bridgehead atoms. The van der Waals surface area contributed by atoms with Crippen LogP contribution in [0, 0.1) is 0 Å². The monoisotopic (exact) mass is 337 g/mol. The van der Waals surface area contributed by atoms with E-state index >= 15 is 0 Å². The van der Waals surface area contributed by atoms with Crippen molar-refractivity contribution in [2.75, 3.05) is 50.8 Å². The van der Waals surface area contributed by atoms with Gasteiger partial charge in [0, 0.05) is 44.7 Å². The van der Waals surface area contributed by atoms with E-state index in [0.717, 1.165) is 31.0 Å². The molecule has 1 aromatic heterocycles. The molecule has 1 aromatic rings. The highest BCUT2D eigenvalue weighted by Gasteiger charge is 2.26. The maximum absolute atomic E-state index is 12.8. The van der Waals surface area contributed by atoms with Crippen LogP contribution in [0.15, 0.2) is 18.3 Å². The maximum atomic E-state index is 12.8. The second-order valence-corrected chi connectivity index (χ2v) is 6.97. The minimum absolute atomic E-state index is 0.0117. The fourth-order valence-corrected chi connectivity index (χ4v) is 3.99. The molecule has 2 aliphatic heterocycles. The quantitative estimate of drug-likeness (QED) is 0.854. The summed E-state index contributed by atoms with van der Waals surface area (Å²) in [6.07, 6.45) is 2.84. The van der Waals surface area contributed by atoms with Gasteiger partial charge in [0.2, 0.25) is 5.88 Å². The number of thioether (sulfide) groups is 1. The number of pyridine rings is 1. The molecule has 7 heteroatoms. The summed E-state index contributed by atoms with van der Waals surface area (Å²) in [5.41, 5.74) is 0.556. The third-order valence-electron chi connectivity index (χ3n) is 4.24. The first kappa shape index (κ1) is 16.5. The molecule has 1 amide bonds. The predicted octanol–water partition coefficient (Wildman–Crippen LogP) is 0.716. The summed E-state index contributed by atoms with van der Waals surface area (Å²) in [7, 11) is 0. The highest BCUT2D eigenvalue weighted by molar-refractivity contribution is 7.99. The Kier molecular flexibility index (Phi) is 5.75. The van der Waals surface area contributed by atoms with Crippen LogP contribution in [0.25, 0.3) is 0 Å². The summed E-state index contributed by atoms with van der Waals surface area (Å²) in [5.74, 6) is 2.52. The number of aliphatic hydroxyl groups excluding tert-OH is 1. The molecule has 1 atom stereocenters. The van der Waals surface area contributed by atoms with Crippen molar-refractivity contribution >= 4 is 17.7 Å². The molecule has 0 radical (unpaired) electrons. The summed E-state index contributed by atoms with van der Waals surface area (Å²) in [6, 6.07) is 3.58. The Morgan fingerprint density at radius 1 is 1.39 bits per heavy atom. The smallest absolute Gasteiger partial charge is 0.259 e. The Hall–Kier alpha value is -1.31. The van der Waals surface area contributed by atoms with E-state index in [9.17, 15) is 4.79 Å². The van der Waals surface area contributed by atoms with Crippen molar-refractivity contribution < 1.29 is 14.6 Å². The van der Waals surface area contributed by atoms with Gasteiger partial charge < -0.3 is 14.7 Å². The number of carbonyl (C=O) groups is 1. The zero-order valence-corrected chi connectivity index (χ0v) is 14.0. The lowest BCUT2D eigenvalue weighted by atomic mass is 10.2. The first-order valence-corrected chi connectivity index (χ1v) is 9.25. The van der Waals surface area contributed by atoms with Crippen LogP contribution in [-0.4, -0.2) is 82.7 Å². The SMILES string of the molecule is O=C(c1cccnc1OC1CCSC1)N1CCN(CCO)CC1. The van der Waals surface area contributed by atoms with E-state index in [1.165, 1.54) is 0 Å². The lowest BCUT2D eigenvalue weighted by Gasteiger charge is -2.34. The van der Waals surface area contributed by atoms with Gasteiger partial charge in [-0.1, -0.05) is 0 Å². The molecular formula is C16H23N3O3S. The number of β-amino-alcohol motifs (C(OH)–C–C–N with tert-alkyl or cyclic N) is 1. The van der Waals surface area contributed by atoms with E-state index in [2.05, 4.69) is 9.88 Å². The summed E-state index contributed by atoms with van der Waals surface area (Å²) in [4.78, 5) is 21.1. The van der Waals surface area contributed by atoms with E-state index in [4.69, 9.17) is 9.84 Å². The van der Waals surface area contributed by atoms with Gasteiger partial charge in [0.1, 0.15) is 11.7 Å². The van der Waals surface area contributed by atoms with Crippen molar-refractivity contribution in [3.05, 3.63) is 23.9 Å². The van der Waals surface area contributed by atoms with Crippen LogP contribution in [0.5, 0.6) is 5.88 Å². The van der Waals surface area contributed by atoms with Crippen molar-refractivity contribution in [2.24, 2.45) is 0 Å². The van der Waals surface area contributed by atoms with Crippen molar-refractivity contribution in [2.45, 2.75) is 12.5 Å². The number of rotatable bonds is 5. The van der Waals surface area contributed by atoms with Gasteiger partial charge in [-0.25, -0.2) is 4.98 Å². The molecule has 126 valence electrons. The topological polar surface area (TPSA) is 65.9 Å². The van der Waals surface area contributed by atoms with Gasteiger partial charge in [-0.15, -0.1) is 0 Å². The first-order valence-electron chi connectivity index (χ1n) is 8.10. The first-order chi connectivity index (χ1) is 11.3. The van der Waals surface area contributed by atoms with Gasteiger partial charge in [-0.2, -0.15) is 11.8 Å². The lowest BCUT2D eigenvalue weighted by Crippen LogP contribution is -2.49. The van der Waals surface area contributed by atoms with Crippen LogP contribution in [0.4, 0.5) is 0 Å². The van der Waals surface area contributed by atoms with Crippen molar-refractivity contribution in [1.29, 1.82) is 0 Å². The minimum atomic E-state index is -0.0117. The van der Waals surface area contributed by atoms with Gasteiger partial charge in [0.05, 0.1) is 6.61 Å². The van der Waals surface area contributed by atoms with Gasteiger partial charge in [-0.3, -0.25) is 9.69 Å². The normalized spacial score (nSPS) is 22.3. The Balaban J connectivity index is 1.65. The number of ether oxygens (including phenoxy) is 1. The van der Waals surface area contributed by atoms with E-state index < -0.39 is 0 Å². The summed E-state index contributed by atoms with van der Waals surface area (Å²) >= 11 is 1.87. The molecule has 0 aliphatic carbocycles. The number of aromatic nitrogens is 1. The summed E-state index contributed by atoms with van der Waals surface area (Å²) in [6.45, 7) is 3.76. The molecule has 2 fully saturated rings. The van der Waals surface area contributed by atoms with E-state index in [1.54, 1.807) is 18.3 Å².